The van der Waals surface area contributed by atoms with Crippen molar-refractivity contribution < 1.29 is 0 Å². The largest absolute Gasteiger partial charge is 0.297 e. The van der Waals surface area contributed by atoms with Crippen molar-refractivity contribution in [2.75, 3.05) is 7.05 Å². The number of rotatable bonds is 1. The van der Waals surface area contributed by atoms with Crippen LogP contribution in [0.3, 0.4) is 0 Å². The summed E-state index contributed by atoms with van der Waals surface area (Å²) >= 11 is 0. The van der Waals surface area contributed by atoms with Crippen LogP contribution in [0.4, 0.5) is 0 Å². The average Bonchev–Trinajstić information content (AvgIpc) is 2.49. The Morgan fingerprint density at radius 2 is 1.85 bits per heavy atom. The average molecular weight is 175 g/mol. The zero-order chi connectivity index (χ0) is 9.26. The molecule has 0 aliphatic carbocycles. The summed E-state index contributed by atoms with van der Waals surface area (Å²) in [5, 5.41) is 0. The maximum atomic E-state index is 2.48. The Balaban J connectivity index is 2.19. The third-order valence-electron chi connectivity index (χ3n) is 3.23. The van der Waals surface area contributed by atoms with Crippen LogP contribution in [0.15, 0.2) is 30.3 Å². The first-order chi connectivity index (χ1) is 6.29. The van der Waals surface area contributed by atoms with Gasteiger partial charge in [0.2, 0.25) is 0 Å². The lowest BCUT2D eigenvalue weighted by Gasteiger charge is -2.23. The van der Waals surface area contributed by atoms with Crippen molar-refractivity contribution in [2.45, 2.75) is 31.8 Å². The van der Waals surface area contributed by atoms with Gasteiger partial charge >= 0.3 is 0 Å². The van der Waals surface area contributed by atoms with E-state index in [0.29, 0.717) is 6.04 Å². The highest BCUT2D eigenvalue weighted by atomic mass is 15.2. The van der Waals surface area contributed by atoms with Gasteiger partial charge in [-0.15, -0.1) is 0 Å². The summed E-state index contributed by atoms with van der Waals surface area (Å²) in [6.45, 7) is 2.31. The van der Waals surface area contributed by atoms with Gasteiger partial charge in [-0.25, -0.2) is 0 Å². The van der Waals surface area contributed by atoms with Gasteiger partial charge in [-0.2, -0.15) is 0 Å². The number of benzene rings is 1. The van der Waals surface area contributed by atoms with E-state index in [9.17, 15) is 0 Å². The Morgan fingerprint density at radius 1 is 1.15 bits per heavy atom. The molecule has 0 saturated carbocycles. The SMILES string of the molecule is C[C@@H]1CC[C@H](c2ccccc2)N1C. The number of hydrogen-bond acceptors (Lipinski definition) is 1. The molecule has 0 N–H and O–H groups in total. The Labute approximate surface area is 80.4 Å². The number of likely N-dealkylation sites (tertiary alicyclic amines) is 1. The Hall–Kier alpha value is -0.820. The lowest BCUT2D eigenvalue weighted by Crippen LogP contribution is -2.24. The third kappa shape index (κ3) is 1.61. The minimum absolute atomic E-state index is 0.649. The summed E-state index contributed by atoms with van der Waals surface area (Å²) in [7, 11) is 2.23. The lowest BCUT2D eigenvalue weighted by molar-refractivity contribution is 0.256. The van der Waals surface area contributed by atoms with Crippen LogP contribution in [-0.2, 0) is 0 Å². The van der Waals surface area contributed by atoms with Gasteiger partial charge in [-0.3, -0.25) is 4.90 Å². The van der Waals surface area contributed by atoms with Gasteiger partial charge in [0.1, 0.15) is 0 Å². The van der Waals surface area contributed by atoms with Gasteiger partial charge in [0.05, 0.1) is 0 Å². The highest BCUT2D eigenvalue weighted by Gasteiger charge is 2.27. The molecule has 0 spiro atoms. The maximum Gasteiger partial charge on any atom is 0.0348 e. The molecule has 13 heavy (non-hydrogen) atoms. The van der Waals surface area contributed by atoms with Crippen LogP contribution in [0.25, 0.3) is 0 Å². The fraction of sp³-hybridized carbons (Fsp3) is 0.500. The minimum atomic E-state index is 0.649. The molecule has 0 amide bonds. The smallest absolute Gasteiger partial charge is 0.0348 e. The Morgan fingerprint density at radius 3 is 2.38 bits per heavy atom. The van der Waals surface area contributed by atoms with Crippen molar-refractivity contribution in [1.82, 2.24) is 4.90 Å². The van der Waals surface area contributed by atoms with Gasteiger partial charge in [-0.05, 0) is 32.4 Å². The van der Waals surface area contributed by atoms with Gasteiger partial charge in [0.25, 0.3) is 0 Å². The van der Waals surface area contributed by atoms with Crippen LogP contribution in [-0.4, -0.2) is 18.0 Å². The molecule has 1 nitrogen and oxygen atoms in total. The molecule has 1 saturated heterocycles. The molecule has 1 aliphatic heterocycles. The van der Waals surface area contributed by atoms with Crippen LogP contribution in [0, 0.1) is 0 Å². The summed E-state index contributed by atoms with van der Waals surface area (Å²) in [5.41, 5.74) is 1.47. The standard InChI is InChI=1S/C12H17N/c1-10-8-9-12(13(10)2)11-6-4-3-5-7-11/h3-7,10,12H,8-9H2,1-2H3/t10-,12-/m1/s1. The van der Waals surface area contributed by atoms with E-state index < -0.39 is 0 Å². The van der Waals surface area contributed by atoms with Crippen molar-refractivity contribution >= 4 is 0 Å². The topological polar surface area (TPSA) is 3.24 Å². The lowest BCUT2D eigenvalue weighted by atomic mass is 10.1. The molecule has 0 bridgehead atoms. The summed E-state index contributed by atoms with van der Waals surface area (Å²) in [6.07, 6.45) is 2.64. The van der Waals surface area contributed by atoms with Gasteiger partial charge < -0.3 is 0 Å². The highest BCUT2D eigenvalue weighted by Crippen LogP contribution is 2.33. The predicted molar refractivity (Wildman–Crippen MR) is 55.6 cm³/mol. The minimum Gasteiger partial charge on any atom is -0.297 e. The monoisotopic (exact) mass is 175 g/mol. The van der Waals surface area contributed by atoms with E-state index in [1.807, 2.05) is 0 Å². The summed E-state index contributed by atoms with van der Waals surface area (Å²) in [5.74, 6) is 0. The van der Waals surface area contributed by atoms with E-state index in [1.54, 1.807) is 0 Å². The Kier molecular flexibility index (Phi) is 2.36. The van der Waals surface area contributed by atoms with Crippen LogP contribution >= 0.6 is 0 Å². The molecule has 1 aromatic carbocycles. The second kappa shape index (κ2) is 3.51. The molecule has 0 aromatic heterocycles. The van der Waals surface area contributed by atoms with Crippen molar-refractivity contribution in [2.24, 2.45) is 0 Å². The number of nitrogens with zero attached hydrogens (tertiary/aromatic N) is 1. The molecular formula is C12H17N. The molecule has 0 radical (unpaired) electrons. The van der Waals surface area contributed by atoms with E-state index in [2.05, 4.69) is 49.2 Å². The number of hydrogen-bond donors (Lipinski definition) is 0. The summed E-state index contributed by atoms with van der Waals surface area (Å²) < 4.78 is 0. The van der Waals surface area contributed by atoms with E-state index in [0.717, 1.165) is 6.04 Å². The van der Waals surface area contributed by atoms with Gasteiger partial charge in [-0.1, -0.05) is 30.3 Å². The van der Waals surface area contributed by atoms with Crippen molar-refractivity contribution in [3.8, 4) is 0 Å². The first kappa shape index (κ1) is 8.76. The fourth-order valence-corrected chi connectivity index (χ4v) is 2.19. The predicted octanol–water partition coefficient (Wildman–Crippen LogP) is 2.84. The molecule has 70 valence electrons. The molecule has 2 rings (SSSR count). The third-order valence-corrected chi connectivity index (χ3v) is 3.23. The fourth-order valence-electron chi connectivity index (χ4n) is 2.19. The molecular weight excluding hydrogens is 158 g/mol. The van der Waals surface area contributed by atoms with Crippen molar-refractivity contribution in [3.63, 3.8) is 0 Å². The molecule has 1 heterocycles. The zero-order valence-electron chi connectivity index (χ0n) is 8.40. The Bertz CT molecular complexity index is 268. The van der Waals surface area contributed by atoms with Crippen LogP contribution in [0.5, 0.6) is 0 Å². The summed E-state index contributed by atoms with van der Waals surface area (Å²) in [4.78, 5) is 2.48. The van der Waals surface area contributed by atoms with E-state index in [4.69, 9.17) is 0 Å². The van der Waals surface area contributed by atoms with Gasteiger partial charge in [0, 0.05) is 12.1 Å². The maximum absolute atomic E-state index is 2.48. The highest BCUT2D eigenvalue weighted by molar-refractivity contribution is 5.20. The molecule has 1 fully saturated rings. The van der Waals surface area contributed by atoms with E-state index in [-0.39, 0.29) is 0 Å². The van der Waals surface area contributed by atoms with Gasteiger partial charge in [0.15, 0.2) is 0 Å². The first-order valence-corrected chi connectivity index (χ1v) is 5.06. The van der Waals surface area contributed by atoms with Crippen LogP contribution in [0.2, 0.25) is 0 Å². The quantitative estimate of drug-likeness (QED) is 0.634. The van der Waals surface area contributed by atoms with Crippen LogP contribution in [0.1, 0.15) is 31.4 Å². The van der Waals surface area contributed by atoms with Crippen LogP contribution < -0.4 is 0 Å². The molecule has 1 heteroatoms. The molecule has 2 atom stereocenters. The zero-order valence-corrected chi connectivity index (χ0v) is 8.40. The molecule has 1 aliphatic rings. The molecule has 1 aromatic rings. The first-order valence-electron chi connectivity index (χ1n) is 5.06. The second-order valence-electron chi connectivity index (χ2n) is 4.02. The normalized spacial score (nSPS) is 29.4. The van der Waals surface area contributed by atoms with Crippen molar-refractivity contribution in [3.05, 3.63) is 35.9 Å². The van der Waals surface area contributed by atoms with Crippen molar-refractivity contribution in [1.29, 1.82) is 0 Å². The van der Waals surface area contributed by atoms with E-state index >= 15 is 0 Å². The second-order valence-corrected chi connectivity index (χ2v) is 4.02. The van der Waals surface area contributed by atoms with E-state index in [1.165, 1.54) is 18.4 Å². The molecule has 0 unspecified atom stereocenters. The summed E-state index contributed by atoms with van der Waals surface area (Å²) in [6, 6.07) is 12.2.